The van der Waals surface area contributed by atoms with Crippen LogP contribution < -0.4 is 0 Å². The van der Waals surface area contributed by atoms with Crippen LogP contribution in [0.5, 0.6) is 0 Å². The molecule has 0 amide bonds. The highest BCUT2D eigenvalue weighted by Gasteiger charge is 2.26. The predicted molar refractivity (Wildman–Crippen MR) is 48.0 cm³/mol. The van der Waals surface area contributed by atoms with Gasteiger partial charge in [-0.05, 0) is 26.0 Å². The molecule has 0 atom stereocenters. The van der Waals surface area contributed by atoms with Crippen LogP contribution in [0.3, 0.4) is 0 Å². The van der Waals surface area contributed by atoms with Crippen LogP contribution in [-0.4, -0.2) is 5.97 Å². The zero-order chi connectivity index (χ0) is 9.90. The molecule has 0 aliphatic carbocycles. The van der Waals surface area contributed by atoms with Crippen LogP contribution >= 0.6 is 0 Å². The van der Waals surface area contributed by atoms with E-state index in [0.29, 0.717) is 5.76 Å². The van der Waals surface area contributed by atoms with Gasteiger partial charge >= 0.3 is 5.97 Å². The van der Waals surface area contributed by atoms with Crippen LogP contribution in [0.2, 0.25) is 0 Å². The number of ether oxygens (including phenoxy) is 1. The Morgan fingerprint density at radius 1 is 1.69 bits per heavy atom. The highest BCUT2D eigenvalue weighted by atomic mass is 16.6. The molecule has 0 saturated carbocycles. The van der Waals surface area contributed by atoms with E-state index in [9.17, 15) is 4.79 Å². The van der Waals surface area contributed by atoms with Gasteiger partial charge in [0.25, 0.3) is 0 Å². The molecule has 70 valence electrons. The molecule has 0 fully saturated rings. The van der Waals surface area contributed by atoms with Crippen molar-refractivity contribution in [3.63, 3.8) is 0 Å². The first-order valence-corrected chi connectivity index (χ1v) is 3.95. The third kappa shape index (κ3) is 2.21. The minimum absolute atomic E-state index is 0.457. The molecule has 0 N–H and O–H groups in total. The van der Waals surface area contributed by atoms with Crippen LogP contribution in [0.1, 0.15) is 19.6 Å². The first-order valence-electron chi connectivity index (χ1n) is 3.95. The van der Waals surface area contributed by atoms with Crippen LogP contribution in [0.15, 0.2) is 35.5 Å². The molecule has 0 aromatic carbocycles. The third-order valence-electron chi connectivity index (χ3n) is 1.64. The monoisotopic (exact) mass is 180 g/mol. The molecule has 1 aromatic heterocycles. The van der Waals surface area contributed by atoms with Crippen LogP contribution in [0, 0.1) is 0 Å². The van der Waals surface area contributed by atoms with Gasteiger partial charge in [0, 0.05) is 6.08 Å². The molecule has 3 nitrogen and oxygen atoms in total. The molecule has 1 heterocycles. The summed E-state index contributed by atoms with van der Waals surface area (Å²) in [6.07, 6.45) is 2.67. The Morgan fingerprint density at radius 3 is 2.85 bits per heavy atom. The average Bonchev–Trinajstić information content (AvgIpc) is 2.55. The number of esters is 1. The zero-order valence-electron chi connectivity index (χ0n) is 7.74. The maximum Gasteiger partial charge on any atom is 0.331 e. The fourth-order valence-electron chi connectivity index (χ4n) is 0.965. The molecule has 0 spiro atoms. The van der Waals surface area contributed by atoms with E-state index < -0.39 is 11.6 Å². The van der Waals surface area contributed by atoms with Gasteiger partial charge in [0.15, 0.2) is 5.60 Å². The van der Waals surface area contributed by atoms with E-state index in [1.54, 1.807) is 32.2 Å². The second kappa shape index (κ2) is 3.47. The van der Waals surface area contributed by atoms with E-state index in [-0.39, 0.29) is 0 Å². The standard InChI is InChI=1S/C10H12O3/c1-4-9(11)13-10(2,3)8-6-5-7-12-8/h4-7H,1H2,2-3H3. The van der Waals surface area contributed by atoms with Gasteiger partial charge in [0.05, 0.1) is 6.26 Å². The molecule has 0 aliphatic heterocycles. The fraction of sp³-hybridized carbons (Fsp3) is 0.300. The molecule has 0 aliphatic rings. The number of carbonyl (C=O) groups is 1. The van der Waals surface area contributed by atoms with Gasteiger partial charge in [-0.3, -0.25) is 0 Å². The Bertz CT molecular complexity index is 296. The molecule has 0 saturated heterocycles. The Kier molecular flexibility index (Phi) is 2.56. The first-order chi connectivity index (χ1) is 6.06. The molecule has 13 heavy (non-hydrogen) atoms. The normalized spacial score (nSPS) is 10.9. The van der Waals surface area contributed by atoms with Crippen LogP contribution in [0.25, 0.3) is 0 Å². The summed E-state index contributed by atoms with van der Waals surface area (Å²) < 4.78 is 10.2. The summed E-state index contributed by atoms with van der Waals surface area (Å²) >= 11 is 0. The molecule has 3 heteroatoms. The molecule has 1 rings (SSSR count). The number of rotatable bonds is 3. The summed E-state index contributed by atoms with van der Waals surface area (Å²) in [4.78, 5) is 10.9. The minimum atomic E-state index is -0.741. The van der Waals surface area contributed by atoms with Gasteiger partial charge in [-0.1, -0.05) is 6.58 Å². The first kappa shape index (κ1) is 9.58. The Balaban J connectivity index is 2.77. The minimum Gasteiger partial charge on any atom is -0.465 e. The lowest BCUT2D eigenvalue weighted by Gasteiger charge is -2.21. The van der Waals surface area contributed by atoms with Crippen molar-refractivity contribution in [2.24, 2.45) is 0 Å². The zero-order valence-corrected chi connectivity index (χ0v) is 7.74. The topological polar surface area (TPSA) is 39.4 Å². The van der Waals surface area contributed by atoms with Crippen molar-refractivity contribution in [3.8, 4) is 0 Å². The number of furan rings is 1. The molecule has 0 radical (unpaired) electrons. The number of hydrogen-bond donors (Lipinski definition) is 0. The maximum absolute atomic E-state index is 10.9. The lowest BCUT2D eigenvalue weighted by Crippen LogP contribution is -2.23. The SMILES string of the molecule is C=CC(=O)OC(C)(C)c1ccco1. The van der Waals surface area contributed by atoms with Gasteiger partial charge in [-0.15, -0.1) is 0 Å². The fourth-order valence-corrected chi connectivity index (χ4v) is 0.965. The van der Waals surface area contributed by atoms with E-state index >= 15 is 0 Å². The second-order valence-corrected chi connectivity index (χ2v) is 3.11. The summed E-state index contributed by atoms with van der Waals surface area (Å²) in [5.74, 6) is 0.157. The van der Waals surface area contributed by atoms with E-state index in [2.05, 4.69) is 6.58 Å². The van der Waals surface area contributed by atoms with Crippen molar-refractivity contribution < 1.29 is 13.9 Å². The summed E-state index contributed by atoms with van der Waals surface area (Å²) in [5, 5.41) is 0. The molecule has 1 aromatic rings. The van der Waals surface area contributed by atoms with Crippen molar-refractivity contribution in [1.82, 2.24) is 0 Å². The van der Waals surface area contributed by atoms with Crippen LogP contribution in [-0.2, 0) is 15.1 Å². The highest BCUT2D eigenvalue weighted by Crippen LogP contribution is 2.24. The lowest BCUT2D eigenvalue weighted by atomic mass is 10.1. The van der Waals surface area contributed by atoms with Crippen molar-refractivity contribution in [3.05, 3.63) is 36.8 Å². The van der Waals surface area contributed by atoms with Crippen LogP contribution in [0.4, 0.5) is 0 Å². The third-order valence-corrected chi connectivity index (χ3v) is 1.64. The highest BCUT2D eigenvalue weighted by molar-refractivity contribution is 5.81. The number of hydrogen-bond acceptors (Lipinski definition) is 3. The summed E-state index contributed by atoms with van der Waals surface area (Å²) in [5.41, 5.74) is -0.741. The summed E-state index contributed by atoms with van der Waals surface area (Å²) in [7, 11) is 0. The van der Waals surface area contributed by atoms with E-state index in [4.69, 9.17) is 9.15 Å². The predicted octanol–water partition coefficient (Wildman–Crippen LogP) is 2.24. The quantitative estimate of drug-likeness (QED) is 0.529. The van der Waals surface area contributed by atoms with Crippen molar-refractivity contribution in [1.29, 1.82) is 0 Å². The lowest BCUT2D eigenvalue weighted by molar-refractivity contribution is -0.152. The summed E-state index contributed by atoms with van der Waals surface area (Å²) in [6.45, 7) is 6.84. The number of carbonyl (C=O) groups excluding carboxylic acids is 1. The molecule has 0 unspecified atom stereocenters. The Labute approximate surface area is 77.0 Å². The molecular weight excluding hydrogens is 168 g/mol. The Hall–Kier alpha value is -1.51. The maximum atomic E-state index is 10.9. The van der Waals surface area contributed by atoms with E-state index in [0.717, 1.165) is 6.08 Å². The van der Waals surface area contributed by atoms with Crippen molar-refractivity contribution >= 4 is 5.97 Å². The van der Waals surface area contributed by atoms with Crippen molar-refractivity contribution in [2.75, 3.05) is 0 Å². The van der Waals surface area contributed by atoms with Crippen molar-refractivity contribution in [2.45, 2.75) is 19.4 Å². The average molecular weight is 180 g/mol. The Morgan fingerprint density at radius 2 is 2.38 bits per heavy atom. The second-order valence-electron chi connectivity index (χ2n) is 3.11. The van der Waals surface area contributed by atoms with Gasteiger partial charge < -0.3 is 9.15 Å². The molecular formula is C10H12O3. The molecule has 0 bridgehead atoms. The van der Waals surface area contributed by atoms with Gasteiger partial charge in [-0.25, -0.2) is 4.79 Å². The summed E-state index contributed by atoms with van der Waals surface area (Å²) in [6, 6.07) is 3.51. The smallest absolute Gasteiger partial charge is 0.331 e. The van der Waals surface area contributed by atoms with Gasteiger partial charge in [0.2, 0.25) is 0 Å². The van der Waals surface area contributed by atoms with Gasteiger partial charge in [0.1, 0.15) is 5.76 Å². The van der Waals surface area contributed by atoms with E-state index in [1.807, 2.05) is 0 Å². The van der Waals surface area contributed by atoms with Gasteiger partial charge in [-0.2, -0.15) is 0 Å². The van der Waals surface area contributed by atoms with E-state index in [1.165, 1.54) is 0 Å². The largest absolute Gasteiger partial charge is 0.465 e.